The Kier molecular flexibility index (Phi) is 5.51. The van der Waals surface area contributed by atoms with E-state index in [-0.39, 0.29) is 5.60 Å². The van der Waals surface area contributed by atoms with Crippen molar-refractivity contribution in [3.8, 4) is 0 Å². The van der Waals surface area contributed by atoms with Crippen LogP contribution in [-0.4, -0.2) is 10.7 Å². The van der Waals surface area contributed by atoms with E-state index in [4.69, 9.17) is 0 Å². The maximum atomic E-state index is 10.6. The van der Waals surface area contributed by atoms with Gasteiger partial charge in [0, 0.05) is 0 Å². The standard InChI is InChI=1S/C27H48O/c1-18(11-14-25(2,3)4)23-9-10-24-22-8-7-19-17-26(5,28)15-12-20(19)21(22)13-16-27(23,24)6/h18-24,28H,7-17H2,1-6H3/t18-,19-,20+,21?,22?,23-,24?,26-,27-/m1/s1. The Balaban J connectivity index is 1.45. The molecule has 3 unspecified atom stereocenters. The first-order chi connectivity index (χ1) is 13.0. The summed E-state index contributed by atoms with van der Waals surface area (Å²) in [5.41, 5.74) is 0.717. The van der Waals surface area contributed by atoms with Crippen molar-refractivity contribution in [2.45, 2.75) is 118 Å². The summed E-state index contributed by atoms with van der Waals surface area (Å²) in [5.74, 6) is 6.59. The Morgan fingerprint density at radius 3 is 2.32 bits per heavy atom. The highest BCUT2D eigenvalue weighted by Gasteiger charge is 2.58. The fraction of sp³-hybridized carbons (Fsp3) is 1.00. The highest BCUT2D eigenvalue weighted by Crippen LogP contribution is 2.66. The Morgan fingerprint density at radius 2 is 1.61 bits per heavy atom. The third-order valence-electron chi connectivity index (χ3n) is 10.3. The number of hydrogen-bond donors (Lipinski definition) is 1. The smallest absolute Gasteiger partial charge is 0.0622 e. The Bertz CT molecular complexity index is 557. The first-order valence-corrected chi connectivity index (χ1v) is 12.7. The molecule has 0 aromatic carbocycles. The van der Waals surface area contributed by atoms with Gasteiger partial charge in [-0.1, -0.05) is 34.6 Å². The molecule has 1 nitrogen and oxygen atoms in total. The van der Waals surface area contributed by atoms with Crippen molar-refractivity contribution in [1.29, 1.82) is 0 Å². The zero-order chi connectivity index (χ0) is 20.3. The van der Waals surface area contributed by atoms with Gasteiger partial charge in [-0.15, -0.1) is 0 Å². The molecule has 4 aliphatic rings. The van der Waals surface area contributed by atoms with Crippen LogP contribution >= 0.6 is 0 Å². The van der Waals surface area contributed by atoms with E-state index in [9.17, 15) is 5.11 Å². The number of hydrogen-bond acceptors (Lipinski definition) is 1. The van der Waals surface area contributed by atoms with Gasteiger partial charge in [-0.25, -0.2) is 0 Å². The lowest BCUT2D eigenvalue weighted by molar-refractivity contribution is -0.103. The molecule has 28 heavy (non-hydrogen) atoms. The fourth-order valence-electron chi connectivity index (χ4n) is 8.92. The van der Waals surface area contributed by atoms with E-state index >= 15 is 0 Å². The largest absolute Gasteiger partial charge is 0.390 e. The Hall–Kier alpha value is -0.0400. The Labute approximate surface area is 175 Å². The highest BCUT2D eigenvalue weighted by molar-refractivity contribution is 5.07. The lowest BCUT2D eigenvalue weighted by atomic mass is 9.48. The first-order valence-electron chi connectivity index (χ1n) is 12.7. The molecule has 4 aliphatic carbocycles. The number of rotatable bonds is 3. The quantitative estimate of drug-likeness (QED) is 0.531. The SMILES string of the molecule is C[C@H](CCC(C)(C)C)[C@H]1CCC2C3CC[C@@H]4C[C@](C)(O)CC[C@@H]4C3CC[C@@]21C. The normalized spacial score (nSPS) is 49.8. The van der Waals surface area contributed by atoms with Crippen molar-refractivity contribution in [2.24, 2.45) is 52.3 Å². The van der Waals surface area contributed by atoms with Crippen LogP contribution in [0.4, 0.5) is 0 Å². The minimum Gasteiger partial charge on any atom is -0.390 e. The molecular formula is C27H48O. The van der Waals surface area contributed by atoms with E-state index in [1.54, 1.807) is 0 Å². The molecule has 0 aromatic heterocycles. The second-order valence-electron chi connectivity index (χ2n) is 13.5. The lowest BCUT2D eigenvalue weighted by Crippen LogP contribution is -2.50. The predicted octanol–water partition coefficient (Wildman–Crippen LogP) is 7.47. The van der Waals surface area contributed by atoms with E-state index < -0.39 is 0 Å². The zero-order valence-corrected chi connectivity index (χ0v) is 19.8. The van der Waals surface area contributed by atoms with Gasteiger partial charge in [0.2, 0.25) is 0 Å². The van der Waals surface area contributed by atoms with Crippen molar-refractivity contribution >= 4 is 0 Å². The van der Waals surface area contributed by atoms with E-state index in [1.807, 2.05) is 0 Å². The van der Waals surface area contributed by atoms with Gasteiger partial charge >= 0.3 is 0 Å². The van der Waals surface area contributed by atoms with Crippen molar-refractivity contribution < 1.29 is 5.11 Å². The monoisotopic (exact) mass is 388 g/mol. The number of fused-ring (bicyclic) bond motifs is 5. The van der Waals surface area contributed by atoms with Crippen LogP contribution in [0.1, 0.15) is 112 Å². The maximum absolute atomic E-state index is 10.6. The minimum atomic E-state index is -0.377. The summed E-state index contributed by atoms with van der Waals surface area (Å²) in [4.78, 5) is 0. The molecule has 0 saturated heterocycles. The second-order valence-corrected chi connectivity index (χ2v) is 13.5. The predicted molar refractivity (Wildman–Crippen MR) is 119 cm³/mol. The molecule has 162 valence electrons. The molecule has 0 amide bonds. The molecule has 0 aliphatic heterocycles. The van der Waals surface area contributed by atoms with Crippen LogP contribution in [0, 0.1) is 52.3 Å². The molecule has 1 N–H and O–H groups in total. The molecule has 0 bridgehead atoms. The van der Waals surface area contributed by atoms with Crippen LogP contribution < -0.4 is 0 Å². The molecule has 0 aromatic rings. The van der Waals surface area contributed by atoms with Gasteiger partial charge in [-0.05, 0) is 130 Å². The van der Waals surface area contributed by atoms with Gasteiger partial charge in [-0.3, -0.25) is 0 Å². The summed E-state index contributed by atoms with van der Waals surface area (Å²) < 4.78 is 0. The molecule has 0 heterocycles. The Morgan fingerprint density at radius 1 is 0.893 bits per heavy atom. The van der Waals surface area contributed by atoms with Crippen molar-refractivity contribution in [3.63, 3.8) is 0 Å². The fourth-order valence-corrected chi connectivity index (χ4v) is 8.92. The van der Waals surface area contributed by atoms with Gasteiger partial charge in [0.05, 0.1) is 5.60 Å². The van der Waals surface area contributed by atoms with E-state index in [0.717, 1.165) is 54.3 Å². The molecule has 4 saturated carbocycles. The lowest BCUT2D eigenvalue weighted by Gasteiger charge is -2.57. The summed E-state index contributed by atoms with van der Waals surface area (Å²) >= 11 is 0. The summed E-state index contributed by atoms with van der Waals surface area (Å²) in [6.45, 7) is 14.6. The van der Waals surface area contributed by atoms with E-state index in [2.05, 4.69) is 41.5 Å². The summed E-state index contributed by atoms with van der Waals surface area (Å²) in [5, 5.41) is 10.6. The van der Waals surface area contributed by atoms with Crippen LogP contribution in [0.5, 0.6) is 0 Å². The van der Waals surface area contributed by atoms with Crippen LogP contribution in [0.25, 0.3) is 0 Å². The summed E-state index contributed by atoms with van der Waals surface area (Å²) in [7, 11) is 0. The number of aliphatic hydroxyl groups is 1. The molecule has 1 heteroatoms. The van der Waals surface area contributed by atoms with Gasteiger partial charge in [-0.2, -0.15) is 0 Å². The molecule has 4 fully saturated rings. The minimum absolute atomic E-state index is 0.377. The average molecular weight is 389 g/mol. The average Bonchev–Trinajstić information content (AvgIpc) is 2.95. The van der Waals surface area contributed by atoms with Gasteiger partial charge in [0.25, 0.3) is 0 Å². The van der Waals surface area contributed by atoms with E-state index in [0.29, 0.717) is 10.8 Å². The molecular weight excluding hydrogens is 340 g/mol. The van der Waals surface area contributed by atoms with Crippen LogP contribution in [-0.2, 0) is 0 Å². The molecule has 0 spiro atoms. The van der Waals surface area contributed by atoms with Crippen LogP contribution in [0.15, 0.2) is 0 Å². The highest BCUT2D eigenvalue weighted by atomic mass is 16.3. The maximum Gasteiger partial charge on any atom is 0.0622 e. The van der Waals surface area contributed by atoms with Gasteiger partial charge in [0.1, 0.15) is 0 Å². The van der Waals surface area contributed by atoms with Crippen LogP contribution in [0.2, 0.25) is 0 Å². The molecule has 4 rings (SSSR count). The zero-order valence-electron chi connectivity index (χ0n) is 19.8. The van der Waals surface area contributed by atoms with E-state index in [1.165, 1.54) is 57.8 Å². The summed E-state index contributed by atoms with van der Waals surface area (Å²) in [6.07, 6.45) is 15.1. The van der Waals surface area contributed by atoms with Crippen molar-refractivity contribution in [3.05, 3.63) is 0 Å². The van der Waals surface area contributed by atoms with Gasteiger partial charge in [0.15, 0.2) is 0 Å². The third-order valence-corrected chi connectivity index (χ3v) is 10.3. The summed E-state index contributed by atoms with van der Waals surface area (Å²) in [6, 6.07) is 0. The molecule has 0 radical (unpaired) electrons. The second kappa shape index (κ2) is 7.28. The molecule has 9 atom stereocenters. The van der Waals surface area contributed by atoms with Gasteiger partial charge < -0.3 is 5.11 Å². The third kappa shape index (κ3) is 3.83. The van der Waals surface area contributed by atoms with Crippen LogP contribution in [0.3, 0.4) is 0 Å². The topological polar surface area (TPSA) is 20.2 Å². The van der Waals surface area contributed by atoms with Crippen molar-refractivity contribution in [2.75, 3.05) is 0 Å². The van der Waals surface area contributed by atoms with Crippen molar-refractivity contribution in [1.82, 2.24) is 0 Å². The first kappa shape index (κ1) is 21.2.